The van der Waals surface area contributed by atoms with Crippen LogP contribution in [-0.4, -0.2) is 55.8 Å². The number of hydrogen-bond acceptors (Lipinski definition) is 8. The van der Waals surface area contributed by atoms with Crippen LogP contribution in [0.25, 0.3) is 22.0 Å². The predicted octanol–water partition coefficient (Wildman–Crippen LogP) is 5.15. The summed E-state index contributed by atoms with van der Waals surface area (Å²) in [5, 5.41) is 21.9. The standard InChI is InChI=1S/C36H33ClF4N8O4S/c1-35(2,51)10-9-20-5-6-21(22-7-8-25(37)29-31(22)48(3)46-34(29)47-54(4,52)53)30(43-20)26(13-17-11-18(38)14-19(39)12-17)44-27(50)16-49-32-28(33(42)45-49)23-15-24(23)36(32,40)41/h5-8,11-12,14,23-24,26,51H,13,15-16H2,1-4H3,(H2,42,45)(H,44,50)(H,46,47). The number of aryl methyl sites for hydroxylation is 1. The Balaban J connectivity index is 1.38. The Hall–Kier alpha value is -5.18. The van der Waals surface area contributed by atoms with Gasteiger partial charge in [0.05, 0.1) is 33.9 Å². The molecule has 1 amide bonds. The van der Waals surface area contributed by atoms with Crippen LogP contribution in [0, 0.1) is 29.4 Å². The molecule has 54 heavy (non-hydrogen) atoms. The van der Waals surface area contributed by atoms with Gasteiger partial charge in [-0.2, -0.15) is 19.0 Å². The van der Waals surface area contributed by atoms with Crippen molar-refractivity contribution in [3.05, 3.63) is 87.3 Å². The largest absolute Gasteiger partial charge is 0.382 e. The average Bonchev–Trinajstić information content (AvgIpc) is 3.62. The van der Waals surface area contributed by atoms with E-state index < -0.39 is 69.2 Å². The van der Waals surface area contributed by atoms with Crippen LogP contribution in [0.1, 0.15) is 60.4 Å². The number of carbonyl (C=O) groups excluding carboxylic acids is 1. The second-order valence-corrected chi connectivity index (χ2v) is 16.2. The number of alkyl halides is 2. The molecule has 2 aliphatic carbocycles. The number of sulfonamides is 1. The summed E-state index contributed by atoms with van der Waals surface area (Å²) in [6.07, 6.45) is 0.986. The Bertz CT molecular complexity index is 2540. The lowest BCUT2D eigenvalue weighted by atomic mass is 9.93. The van der Waals surface area contributed by atoms with Crippen LogP contribution in [0.3, 0.4) is 0 Å². The number of nitrogens with one attached hydrogen (secondary N) is 2. The van der Waals surface area contributed by atoms with Crippen LogP contribution < -0.4 is 15.8 Å². The van der Waals surface area contributed by atoms with E-state index in [4.69, 9.17) is 22.3 Å². The molecule has 1 fully saturated rings. The van der Waals surface area contributed by atoms with Crippen LogP contribution in [-0.2, 0) is 40.8 Å². The maximum atomic E-state index is 15.3. The first-order valence-corrected chi connectivity index (χ1v) is 18.9. The number of fused-ring (bicyclic) bond motifs is 4. The van der Waals surface area contributed by atoms with E-state index in [1.165, 1.54) is 24.6 Å². The number of halogens is 5. The van der Waals surface area contributed by atoms with Crippen molar-refractivity contribution in [1.29, 1.82) is 0 Å². The number of hydrogen-bond donors (Lipinski definition) is 4. The Morgan fingerprint density at radius 3 is 2.50 bits per heavy atom. The normalized spacial score (nSPS) is 17.7. The van der Waals surface area contributed by atoms with Crippen molar-refractivity contribution >= 4 is 50.1 Å². The SMILES string of the molecule is Cn1nc(NS(C)(=O)=O)c2c(Cl)ccc(-c3ccc(C#CC(C)(C)O)nc3C(Cc3cc(F)cc(F)c3)NC(=O)Cn3nc(N)c4c3C(F)(F)C3CC43)c21. The fraction of sp³-hybridized carbons (Fsp3) is 0.333. The van der Waals surface area contributed by atoms with Crippen LogP contribution in [0.2, 0.25) is 5.02 Å². The molecule has 5 N–H and O–H groups in total. The van der Waals surface area contributed by atoms with Gasteiger partial charge in [-0.15, -0.1) is 0 Å². The van der Waals surface area contributed by atoms with Crippen molar-refractivity contribution in [2.45, 2.75) is 56.7 Å². The minimum absolute atomic E-state index is 0.0513. The first-order chi connectivity index (χ1) is 25.2. The molecule has 0 radical (unpaired) electrons. The number of pyridine rings is 1. The molecule has 5 aromatic rings. The third kappa shape index (κ3) is 7.08. The van der Waals surface area contributed by atoms with E-state index in [-0.39, 0.29) is 57.4 Å². The quantitative estimate of drug-likeness (QED) is 0.118. The minimum atomic E-state index is -3.79. The van der Waals surface area contributed by atoms with E-state index in [1.807, 2.05) is 0 Å². The molecule has 7 rings (SSSR count). The molecular weight excluding hydrogens is 752 g/mol. The zero-order chi connectivity index (χ0) is 39.1. The van der Waals surface area contributed by atoms with Gasteiger partial charge in [0.15, 0.2) is 5.82 Å². The van der Waals surface area contributed by atoms with Crippen LogP contribution in [0.4, 0.5) is 29.2 Å². The number of aliphatic hydroxyl groups is 1. The second kappa shape index (κ2) is 13.0. The van der Waals surface area contributed by atoms with Crippen molar-refractivity contribution in [3.63, 3.8) is 0 Å². The summed E-state index contributed by atoms with van der Waals surface area (Å²) in [5.41, 5.74) is 5.94. The number of amides is 1. The summed E-state index contributed by atoms with van der Waals surface area (Å²) < 4.78 is 88.7. The molecule has 2 aliphatic rings. The minimum Gasteiger partial charge on any atom is -0.382 e. The van der Waals surface area contributed by atoms with Gasteiger partial charge in [0.25, 0.3) is 5.92 Å². The van der Waals surface area contributed by atoms with E-state index in [9.17, 15) is 27.1 Å². The van der Waals surface area contributed by atoms with Gasteiger partial charge in [0, 0.05) is 35.7 Å². The Kier molecular flexibility index (Phi) is 8.94. The molecule has 0 saturated heterocycles. The summed E-state index contributed by atoms with van der Waals surface area (Å²) in [7, 11) is -2.23. The molecule has 0 bridgehead atoms. The Labute approximate surface area is 311 Å². The summed E-state index contributed by atoms with van der Waals surface area (Å²) in [4.78, 5) is 18.6. The van der Waals surface area contributed by atoms with E-state index in [0.717, 1.165) is 23.1 Å². The van der Waals surface area contributed by atoms with Gasteiger partial charge in [-0.3, -0.25) is 18.9 Å². The maximum Gasteiger partial charge on any atom is 0.293 e. The van der Waals surface area contributed by atoms with Gasteiger partial charge < -0.3 is 16.2 Å². The average molecular weight is 785 g/mol. The van der Waals surface area contributed by atoms with Crippen molar-refractivity contribution in [2.24, 2.45) is 13.0 Å². The Morgan fingerprint density at radius 1 is 1.15 bits per heavy atom. The van der Waals surface area contributed by atoms with E-state index >= 15 is 8.78 Å². The Morgan fingerprint density at radius 2 is 1.83 bits per heavy atom. The first-order valence-electron chi connectivity index (χ1n) is 16.6. The van der Waals surface area contributed by atoms with Gasteiger partial charge in [0.1, 0.15) is 41.0 Å². The van der Waals surface area contributed by atoms with E-state index in [1.54, 1.807) is 25.2 Å². The molecule has 12 nitrogen and oxygen atoms in total. The highest BCUT2D eigenvalue weighted by atomic mass is 35.5. The van der Waals surface area contributed by atoms with Crippen molar-refractivity contribution < 1.29 is 35.9 Å². The molecule has 0 aliphatic heterocycles. The van der Waals surface area contributed by atoms with Crippen LogP contribution >= 0.6 is 11.6 Å². The highest BCUT2D eigenvalue weighted by Gasteiger charge is 2.66. The number of anilines is 2. The second-order valence-electron chi connectivity index (χ2n) is 14.1. The number of aromatic nitrogens is 5. The number of rotatable bonds is 9. The summed E-state index contributed by atoms with van der Waals surface area (Å²) >= 11 is 6.59. The number of carbonyl (C=O) groups is 1. The number of nitrogens with zero attached hydrogens (tertiary/aromatic N) is 5. The fourth-order valence-corrected chi connectivity index (χ4v) is 7.81. The van der Waals surface area contributed by atoms with E-state index in [0.29, 0.717) is 22.7 Å². The van der Waals surface area contributed by atoms with Gasteiger partial charge in [-0.25, -0.2) is 22.2 Å². The molecule has 3 unspecified atom stereocenters. The summed E-state index contributed by atoms with van der Waals surface area (Å²) in [6, 6.07) is 7.97. The topological polar surface area (TPSA) is 170 Å². The molecule has 2 aromatic carbocycles. The van der Waals surface area contributed by atoms with Crippen LogP contribution in [0.5, 0.6) is 0 Å². The number of benzene rings is 2. The number of nitrogens with two attached hydrogens (primary N) is 1. The maximum absolute atomic E-state index is 15.3. The highest BCUT2D eigenvalue weighted by Crippen LogP contribution is 2.68. The molecule has 1 saturated carbocycles. The third-order valence-corrected chi connectivity index (χ3v) is 10.1. The van der Waals surface area contributed by atoms with Crippen LogP contribution in [0.15, 0.2) is 42.5 Å². The zero-order valence-corrected chi connectivity index (χ0v) is 30.8. The van der Waals surface area contributed by atoms with Gasteiger partial charge >= 0.3 is 0 Å². The van der Waals surface area contributed by atoms with Crippen molar-refractivity contribution in [1.82, 2.24) is 29.9 Å². The first kappa shape index (κ1) is 37.1. The molecule has 3 atom stereocenters. The molecule has 282 valence electrons. The fourth-order valence-electron chi connectivity index (χ4n) is 7.07. The molecule has 18 heteroatoms. The highest BCUT2D eigenvalue weighted by molar-refractivity contribution is 7.92. The molecule has 3 heterocycles. The lowest BCUT2D eigenvalue weighted by molar-refractivity contribution is -0.122. The van der Waals surface area contributed by atoms with Gasteiger partial charge in [-0.1, -0.05) is 23.6 Å². The zero-order valence-electron chi connectivity index (χ0n) is 29.2. The summed E-state index contributed by atoms with van der Waals surface area (Å²) in [5.74, 6) is -1.78. The lowest BCUT2D eigenvalue weighted by Crippen LogP contribution is -2.35. The molecule has 0 spiro atoms. The molecular formula is C36H33ClF4N8O4S. The monoisotopic (exact) mass is 784 g/mol. The third-order valence-electron chi connectivity index (χ3n) is 9.21. The smallest absolute Gasteiger partial charge is 0.293 e. The number of nitrogen functional groups attached to an aromatic ring is 1. The van der Waals surface area contributed by atoms with Crippen molar-refractivity contribution in [3.8, 4) is 23.0 Å². The lowest BCUT2D eigenvalue weighted by Gasteiger charge is -2.23. The predicted molar refractivity (Wildman–Crippen MR) is 193 cm³/mol. The van der Waals surface area contributed by atoms with Gasteiger partial charge in [0.2, 0.25) is 15.9 Å². The molecule has 3 aromatic heterocycles. The van der Waals surface area contributed by atoms with Gasteiger partial charge in [-0.05, 0) is 74.4 Å². The van der Waals surface area contributed by atoms with E-state index in [2.05, 4.69) is 32.1 Å². The van der Waals surface area contributed by atoms with Crippen molar-refractivity contribution in [2.75, 3.05) is 16.7 Å². The summed E-state index contributed by atoms with van der Waals surface area (Å²) in [6.45, 7) is 2.28.